The van der Waals surface area contributed by atoms with Crippen LogP contribution >= 0.6 is 11.8 Å². The van der Waals surface area contributed by atoms with Crippen molar-refractivity contribution in [3.8, 4) is 0 Å². The molecule has 164 valence electrons. The molecule has 0 atom stereocenters. The second kappa shape index (κ2) is 9.82. The van der Waals surface area contributed by atoms with Crippen LogP contribution in [0.4, 0.5) is 11.6 Å². The molecule has 0 unspecified atom stereocenters. The molecule has 0 aliphatic rings. The monoisotopic (exact) mass is 441 g/mol. The van der Waals surface area contributed by atoms with Gasteiger partial charge >= 0.3 is 0 Å². The van der Waals surface area contributed by atoms with E-state index < -0.39 is 0 Å². The van der Waals surface area contributed by atoms with Gasteiger partial charge in [-0.2, -0.15) is 5.10 Å². The molecular formula is C22H27N5O3S. The van der Waals surface area contributed by atoms with E-state index in [1.54, 1.807) is 29.9 Å². The van der Waals surface area contributed by atoms with Crippen molar-refractivity contribution in [2.45, 2.75) is 39.7 Å². The van der Waals surface area contributed by atoms with E-state index in [9.17, 15) is 9.59 Å². The maximum Gasteiger partial charge on any atom is 0.235 e. The summed E-state index contributed by atoms with van der Waals surface area (Å²) in [7, 11) is 0. The number of rotatable bonds is 8. The fraction of sp³-hybridized carbons (Fsp3) is 0.364. The third kappa shape index (κ3) is 6.71. The van der Waals surface area contributed by atoms with Gasteiger partial charge in [0.15, 0.2) is 5.82 Å². The Bertz CT molecular complexity index is 1030. The van der Waals surface area contributed by atoms with Crippen molar-refractivity contribution in [2.75, 3.05) is 22.1 Å². The highest BCUT2D eigenvalue weighted by atomic mass is 32.2. The fourth-order valence-corrected chi connectivity index (χ4v) is 3.48. The van der Waals surface area contributed by atoms with E-state index in [1.807, 2.05) is 0 Å². The first-order valence-corrected chi connectivity index (χ1v) is 11.1. The van der Waals surface area contributed by atoms with E-state index >= 15 is 0 Å². The summed E-state index contributed by atoms with van der Waals surface area (Å²) >= 11 is 1.22. The molecule has 1 aromatic carbocycles. The lowest BCUT2D eigenvalue weighted by Gasteiger charge is -2.19. The molecule has 2 N–H and O–H groups in total. The van der Waals surface area contributed by atoms with Crippen molar-refractivity contribution < 1.29 is 14.1 Å². The van der Waals surface area contributed by atoms with E-state index in [4.69, 9.17) is 4.52 Å². The SMILES string of the molecule is Cc1cc(NC(=O)CSCC(=O)Nc2ccnn2Cc2ccc(C(C)(C)C)cc2)no1. The minimum Gasteiger partial charge on any atom is -0.360 e. The molecule has 0 aliphatic carbocycles. The standard InChI is InChI=1S/C22H27N5O3S/c1-15-11-18(26-30-15)24-20(28)13-31-14-21(29)25-19-9-10-23-27(19)12-16-5-7-17(8-6-16)22(2,3)4/h5-11H,12-14H2,1-4H3,(H,25,29)(H,24,26,28). The van der Waals surface area contributed by atoms with Gasteiger partial charge in [0.1, 0.15) is 11.6 Å². The number of amides is 2. The summed E-state index contributed by atoms with van der Waals surface area (Å²) < 4.78 is 6.64. The predicted molar refractivity (Wildman–Crippen MR) is 122 cm³/mol. The van der Waals surface area contributed by atoms with E-state index in [1.165, 1.54) is 17.3 Å². The average Bonchev–Trinajstić information content (AvgIpc) is 3.30. The zero-order valence-corrected chi connectivity index (χ0v) is 19.0. The van der Waals surface area contributed by atoms with Gasteiger partial charge in [0, 0.05) is 12.1 Å². The molecule has 9 heteroatoms. The van der Waals surface area contributed by atoms with Crippen molar-refractivity contribution in [2.24, 2.45) is 0 Å². The fourth-order valence-electron chi connectivity index (χ4n) is 2.87. The first-order valence-electron chi connectivity index (χ1n) is 9.93. The Kier molecular flexibility index (Phi) is 7.17. The number of hydrogen-bond acceptors (Lipinski definition) is 6. The number of carbonyl (C=O) groups excluding carboxylic acids is 2. The highest BCUT2D eigenvalue weighted by Crippen LogP contribution is 2.22. The minimum absolute atomic E-state index is 0.103. The Morgan fingerprint density at radius 2 is 1.74 bits per heavy atom. The number of anilines is 2. The number of nitrogens with one attached hydrogen (secondary N) is 2. The van der Waals surface area contributed by atoms with Crippen LogP contribution in [0.2, 0.25) is 0 Å². The van der Waals surface area contributed by atoms with Crippen LogP contribution in [-0.2, 0) is 21.5 Å². The smallest absolute Gasteiger partial charge is 0.235 e. The zero-order chi connectivity index (χ0) is 22.4. The second-order valence-electron chi connectivity index (χ2n) is 8.23. The average molecular weight is 442 g/mol. The van der Waals surface area contributed by atoms with Crippen LogP contribution in [0.25, 0.3) is 0 Å². The van der Waals surface area contributed by atoms with Gasteiger partial charge in [0.25, 0.3) is 0 Å². The lowest BCUT2D eigenvalue weighted by Crippen LogP contribution is -2.20. The molecule has 0 saturated heterocycles. The van der Waals surface area contributed by atoms with Crippen LogP contribution in [0.3, 0.4) is 0 Å². The lowest BCUT2D eigenvalue weighted by atomic mass is 9.87. The summed E-state index contributed by atoms with van der Waals surface area (Å²) in [5.41, 5.74) is 2.47. The van der Waals surface area contributed by atoms with Gasteiger partial charge in [-0.3, -0.25) is 9.59 Å². The molecule has 0 spiro atoms. The Hall–Kier alpha value is -3.07. The number of benzene rings is 1. The quantitative estimate of drug-likeness (QED) is 0.551. The third-order valence-corrected chi connectivity index (χ3v) is 5.43. The summed E-state index contributed by atoms with van der Waals surface area (Å²) in [6.45, 7) is 8.84. The lowest BCUT2D eigenvalue weighted by molar-refractivity contribution is -0.114. The first kappa shape index (κ1) is 22.6. The number of thioether (sulfide) groups is 1. The molecular weight excluding hydrogens is 414 g/mol. The Morgan fingerprint density at radius 1 is 1.06 bits per heavy atom. The molecule has 8 nitrogen and oxygen atoms in total. The molecule has 0 bridgehead atoms. The summed E-state index contributed by atoms with van der Waals surface area (Å²) in [6, 6.07) is 11.8. The molecule has 3 rings (SSSR count). The van der Waals surface area contributed by atoms with Crippen LogP contribution in [0.5, 0.6) is 0 Å². The van der Waals surface area contributed by atoms with Gasteiger partial charge in [-0.15, -0.1) is 11.8 Å². The molecule has 0 fully saturated rings. The third-order valence-electron chi connectivity index (χ3n) is 4.50. The van der Waals surface area contributed by atoms with E-state index in [0.29, 0.717) is 23.9 Å². The number of nitrogens with zero attached hydrogens (tertiary/aromatic N) is 3. The summed E-state index contributed by atoms with van der Waals surface area (Å²) in [4.78, 5) is 24.2. The van der Waals surface area contributed by atoms with Crippen molar-refractivity contribution >= 4 is 35.2 Å². The van der Waals surface area contributed by atoms with Crippen LogP contribution in [0, 0.1) is 6.92 Å². The molecule has 2 heterocycles. The van der Waals surface area contributed by atoms with Gasteiger partial charge in [0.05, 0.1) is 24.2 Å². The highest BCUT2D eigenvalue weighted by Gasteiger charge is 2.14. The van der Waals surface area contributed by atoms with Gasteiger partial charge < -0.3 is 15.2 Å². The number of carbonyl (C=O) groups is 2. The van der Waals surface area contributed by atoms with Crippen LogP contribution in [-0.4, -0.2) is 38.3 Å². The normalized spacial score (nSPS) is 11.4. The molecule has 0 saturated carbocycles. The molecule has 3 aromatic rings. The van der Waals surface area contributed by atoms with Gasteiger partial charge in [-0.05, 0) is 23.5 Å². The maximum absolute atomic E-state index is 12.3. The first-order chi connectivity index (χ1) is 14.7. The van der Waals surface area contributed by atoms with E-state index in [2.05, 4.69) is 65.9 Å². The zero-order valence-electron chi connectivity index (χ0n) is 18.1. The largest absolute Gasteiger partial charge is 0.360 e. The van der Waals surface area contributed by atoms with Crippen molar-refractivity contribution in [1.29, 1.82) is 0 Å². The van der Waals surface area contributed by atoms with Crippen molar-refractivity contribution in [3.05, 3.63) is 59.5 Å². The Morgan fingerprint density at radius 3 is 2.35 bits per heavy atom. The van der Waals surface area contributed by atoms with Gasteiger partial charge in [-0.25, -0.2) is 4.68 Å². The van der Waals surface area contributed by atoms with Crippen molar-refractivity contribution in [1.82, 2.24) is 14.9 Å². The minimum atomic E-state index is -0.241. The molecule has 2 amide bonds. The van der Waals surface area contributed by atoms with Crippen LogP contribution in [0.1, 0.15) is 37.7 Å². The summed E-state index contributed by atoms with van der Waals surface area (Å²) in [5, 5.41) is 13.5. The second-order valence-corrected chi connectivity index (χ2v) is 9.22. The highest BCUT2D eigenvalue weighted by molar-refractivity contribution is 8.00. The van der Waals surface area contributed by atoms with E-state index in [-0.39, 0.29) is 28.7 Å². The number of aryl methyl sites for hydroxylation is 1. The van der Waals surface area contributed by atoms with Crippen molar-refractivity contribution in [3.63, 3.8) is 0 Å². The van der Waals surface area contributed by atoms with E-state index in [0.717, 1.165) is 5.56 Å². The number of hydrogen-bond donors (Lipinski definition) is 2. The molecule has 0 radical (unpaired) electrons. The maximum atomic E-state index is 12.3. The molecule has 31 heavy (non-hydrogen) atoms. The van der Waals surface area contributed by atoms with Gasteiger partial charge in [-0.1, -0.05) is 50.2 Å². The molecule has 0 aliphatic heterocycles. The van der Waals surface area contributed by atoms with Crippen LogP contribution < -0.4 is 10.6 Å². The van der Waals surface area contributed by atoms with Gasteiger partial charge in [0.2, 0.25) is 11.8 Å². The number of aromatic nitrogens is 3. The Balaban J connectivity index is 1.47. The predicted octanol–water partition coefficient (Wildman–Crippen LogP) is 3.84. The van der Waals surface area contributed by atoms with Crippen LogP contribution in [0.15, 0.2) is 47.1 Å². The topological polar surface area (TPSA) is 102 Å². The Labute approximate surface area is 185 Å². The summed E-state index contributed by atoms with van der Waals surface area (Å²) in [6.07, 6.45) is 1.65. The molecule has 2 aromatic heterocycles. The summed E-state index contributed by atoms with van der Waals surface area (Å²) in [5.74, 6) is 1.45.